The van der Waals surface area contributed by atoms with E-state index < -0.39 is 17.7 Å². The lowest BCUT2D eigenvalue weighted by Crippen LogP contribution is -2.44. The predicted octanol–water partition coefficient (Wildman–Crippen LogP) is 1.16. The zero-order valence-corrected chi connectivity index (χ0v) is 7.93. The highest BCUT2D eigenvalue weighted by atomic mass is 19.3. The van der Waals surface area contributed by atoms with Gasteiger partial charge in [0.15, 0.2) is 0 Å². The van der Waals surface area contributed by atoms with Gasteiger partial charge in [0, 0.05) is 19.5 Å². The fraction of sp³-hybridized carbons (Fsp3) is 0.889. The number of carbonyl (C=O) groups is 1. The number of hydrogen-bond donors (Lipinski definition) is 1. The van der Waals surface area contributed by atoms with Gasteiger partial charge in [-0.05, 0) is 19.3 Å². The van der Waals surface area contributed by atoms with Gasteiger partial charge in [-0.1, -0.05) is 0 Å². The molecule has 80 valence electrons. The Labute approximate surface area is 81.4 Å². The van der Waals surface area contributed by atoms with Crippen LogP contribution < -0.4 is 5.43 Å². The normalized spacial score (nSPS) is 31.0. The molecule has 1 saturated heterocycles. The Morgan fingerprint density at radius 1 is 1.43 bits per heavy atom. The number of halogens is 2. The van der Waals surface area contributed by atoms with Crippen LogP contribution in [-0.2, 0) is 4.79 Å². The van der Waals surface area contributed by atoms with Crippen molar-refractivity contribution in [3.63, 3.8) is 0 Å². The van der Waals surface area contributed by atoms with Gasteiger partial charge < -0.3 is 0 Å². The average molecular weight is 204 g/mol. The molecule has 1 aliphatic heterocycles. The van der Waals surface area contributed by atoms with E-state index in [2.05, 4.69) is 5.43 Å². The van der Waals surface area contributed by atoms with Crippen LogP contribution in [0.1, 0.15) is 25.7 Å². The Bertz CT molecular complexity index is 239. The third-order valence-corrected chi connectivity index (χ3v) is 2.94. The summed E-state index contributed by atoms with van der Waals surface area (Å²) < 4.78 is 26.5. The minimum atomic E-state index is -2.79. The molecule has 2 rings (SSSR count). The molecule has 1 unspecified atom stereocenters. The molecule has 1 N–H and O–H groups in total. The van der Waals surface area contributed by atoms with E-state index in [9.17, 15) is 13.6 Å². The molecule has 2 fully saturated rings. The SMILES string of the molecule is O=C(C1CCCC1(F)F)N1CCCN1. The molecule has 2 aliphatic rings. The molecule has 1 heterocycles. The van der Waals surface area contributed by atoms with E-state index in [0.717, 1.165) is 6.42 Å². The average Bonchev–Trinajstić information content (AvgIpc) is 2.71. The van der Waals surface area contributed by atoms with Gasteiger partial charge in [-0.25, -0.2) is 14.2 Å². The first-order valence-electron chi connectivity index (χ1n) is 5.04. The van der Waals surface area contributed by atoms with E-state index in [4.69, 9.17) is 0 Å². The Morgan fingerprint density at radius 2 is 2.21 bits per heavy atom. The number of nitrogens with one attached hydrogen (secondary N) is 1. The van der Waals surface area contributed by atoms with Crippen LogP contribution in [0, 0.1) is 5.92 Å². The second kappa shape index (κ2) is 3.46. The standard InChI is InChI=1S/C9H14F2N2O/c10-9(11)4-1-3-7(9)8(14)13-6-2-5-12-13/h7,12H,1-6H2. The summed E-state index contributed by atoms with van der Waals surface area (Å²) in [4.78, 5) is 11.6. The molecule has 1 saturated carbocycles. The number of hydrazine groups is 1. The smallest absolute Gasteiger partial charge is 0.259 e. The van der Waals surface area contributed by atoms with Gasteiger partial charge in [-0.3, -0.25) is 9.80 Å². The monoisotopic (exact) mass is 204 g/mol. The molecule has 0 spiro atoms. The van der Waals surface area contributed by atoms with Crippen molar-refractivity contribution in [2.75, 3.05) is 13.1 Å². The van der Waals surface area contributed by atoms with Gasteiger partial charge >= 0.3 is 0 Å². The van der Waals surface area contributed by atoms with Crippen LogP contribution in [0.15, 0.2) is 0 Å². The first-order chi connectivity index (χ1) is 6.61. The molecular weight excluding hydrogens is 190 g/mol. The van der Waals surface area contributed by atoms with E-state index in [1.54, 1.807) is 0 Å². The number of hydrogen-bond acceptors (Lipinski definition) is 2. The van der Waals surface area contributed by atoms with E-state index in [0.29, 0.717) is 25.9 Å². The molecule has 0 aromatic carbocycles. The third kappa shape index (κ3) is 1.61. The highest BCUT2D eigenvalue weighted by Gasteiger charge is 2.49. The molecule has 1 aliphatic carbocycles. The Balaban J connectivity index is 2.03. The summed E-state index contributed by atoms with van der Waals surface area (Å²) in [7, 11) is 0. The topological polar surface area (TPSA) is 32.3 Å². The van der Waals surface area contributed by atoms with Crippen LogP contribution in [0.2, 0.25) is 0 Å². The highest BCUT2D eigenvalue weighted by molar-refractivity contribution is 5.80. The summed E-state index contributed by atoms with van der Waals surface area (Å²) in [5.41, 5.74) is 2.82. The van der Waals surface area contributed by atoms with Crippen molar-refractivity contribution in [1.82, 2.24) is 10.4 Å². The zero-order valence-electron chi connectivity index (χ0n) is 7.93. The zero-order chi connectivity index (χ0) is 10.2. The van der Waals surface area contributed by atoms with Crippen molar-refractivity contribution < 1.29 is 13.6 Å². The van der Waals surface area contributed by atoms with Crippen molar-refractivity contribution >= 4 is 5.91 Å². The van der Waals surface area contributed by atoms with Gasteiger partial charge in [-0.15, -0.1) is 0 Å². The predicted molar refractivity (Wildman–Crippen MR) is 46.6 cm³/mol. The number of alkyl halides is 2. The van der Waals surface area contributed by atoms with Crippen LogP contribution >= 0.6 is 0 Å². The summed E-state index contributed by atoms with van der Waals surface area (Å²) in [5.74, 6) is -4.31. The second-order valence-corrected chi connectivity index (χ2v) is 3.96. The van der Waals surface area contributed by atoms with Crippen molar-refractivity contribution in [2.45, 2.75) is 31.6 Å². The first kappa shape index (κ1) is 9.83. The van der Waals surface area contributed by atoms with Gasteiger partial charge in [0.2, 0.25) is 5.91 Å². The third-order valence-electron chi connectivity index (χ3n) is 2.94. The van der Waals surface area contributed by atoms with Crippen molar-refractivity contribution in [2.24, 2.45) is 5.92 Å². The molecule has 5 heteroatoms. The van der Waals surface area contributed by atoms with Crippen LogP contribution in [0.4, 0.5) is 8.78 Å². The molecular formula is C9H14F2N2O. The van der Waals surface area contributed by atoms with Crippen LogP contribution in [-0.4, -0.2) is 29.9 Å². The summed E-state index contributed by atoms with van der Waals surface area (Å²) in [5, 5.41) is 1.35. The number of carbonyl (C=O) groups excluding carboxylic acids is 1. The van der Waals surface area contributed by atoms with E-state index in [-0.39, 0.29) is 6.42 Å². The molecule has 1 amide bonds. The molecule has 0 aromatic rings. The van der Waals surface area contributed by atoms with E-state index in [1.807, 2.05) is 0 Å². The van der Waals surface area contributed by atoms with Crippen molar-refractivity contribution in [1.29, 1.82) is 0 Å². The summed E-state index contributed by atoms with van der Waals surface area (Å²) in [6.07, 6.45) is 1.49. The lowest BCUT2D eigenvalue weighted by molar-refractivity contribution is -0.148. The lowest BCUT2D eigenvalue weighted by atomic mass is 10.0. The fourth-order valence-electron chi connectivity index (χ4n) is 2.14. The van der Waals surface area contributed by atoms with Gasteiger partial charge in [0.25, 0.3) is 5.92 Å². The quantitative estimate of drug-likeness (QED) is 0.695. The van der Waals surface area contributed by atoms with Crippen LogP contribution in [0.25, 0.3) is 0 Å². The summed E-state index contributed by atoms with van der Waals surface area (Å²) in [6.45, 7) is 1.27. The Hall–Kier alpha value is -0.710. The van der Waals surface area contributed by atoms with Crippen molar-refractivity contribution in [3.05, 3.63) is 0 Å². The van der Waals surface area contributed by atoms with Crippen molar-refractivity contribution in [3.8, 4) is 0 Å². The van der Waals surface area contributed by atoms with Gasteiger partial charge in [0.1, 0.15) is 5.92 Å². The minimum Gasteiger partial charge on any atom is -0.278 e. The summed E-state index contributed by atoms with van der Waals surface area (Å²) >= 11 is 0. The largest absolute Gasteiger partial charge is 0.278 e. The molecule has 14 heavy (non-hydrogen) atoms. The number of amides is 1. The van der Waals surface area contributed by atoms with E-state index in [1.165, 1.54) is 5.01 Å². The molecule has 0 aromatic heterocycles. The minimum absolute atomic E-state index is 0.142. The maximum absolute atomic E-state index is 13.2. The maximum atomic E-state index is 13.2. The highest BCUT2D eigenvalue weighted by Crippen LogP contribution is 2.41. The number of rotatable bonds is 1. The first-order valence-corrected chi connectivity index (χ1v) is 5.04. The fourth-order valence-corrected chi connectivity index (χ4v) is 2.14. The Kier molecular flexibility index (Phi) is 2.43. The second-order valence-electron chi connectivity index (χ2n) is 3.96. The Morgan fingerprint density at radius 3 is 2.71 bits per heavy atom. The summed E-state index contributed by atoms with van der Waals surface area (Å²) in [6, 6.07) is 0. The number of nitrogens with zero attached hydrogens (tertiary/aromatic N) is 1. The van der Waals surface area contributed by atoms with E-state index >= 15 is 0 Å². The molecule has 0 bridgehead atoms. The van der Waals surface area contributed by atoms with Crippen LogP contribution in [0.5, 0.6) is 0 Å². The van der Waals surface area contributed by atoms with Crippen LogP contribution in [0.3, 0.4) is 0 Å². The maximum Gasteiger partial charge on any atom is 0.259 e. The molecule has 0 radical (unpaired) electrons. The van der Waals surface area contributed by atoms with Gasteiger partial charge in [-0.2, -0.15) is 0 Å². The lowest BCUT2D eigenvalue weighted by Gasteiger charge is -2.23. The van der Waals surface area contributed by atoms with Gasteiger partial charge in [0.05, 0.1) is 0 Å². The molecule has 3 nitrogen and oxygen atoms in total. The molecule has 1 atom stereocenters.